The quantitative estimate of drug-likeness (QED) is 0.0981. The minimum absolute atomic E-state index is 0.270. The van der Waals surface area contributed by atoms with E-state index in [2.05, 4.69) is 129 Å². The molecule has 2 aliphatic heterocycles. The summed E-state index contributed by atoms with van der Waals surface area (Å²) in [5.41, 5.74) is 9.18. The topological polar surface area (TPSA) is 133 Å². The van der Waals surface area contributed by atoms with Gasteiger partial charge in [0, 0.05) is 32.9 Å². The van der Waals surface area contributed by atoms with Crippen LogP contribution < -0.4 is 10.2 Å². The number of nitrogens with zero attached hydrogens (tertiary/aromatic N) is 5. The number of anilines is 1. The highest BCUT2D eigenvalue weighted by Crippen LogP contribution is 2.35. The first kappa shape index (κ1) is 37.5. The lowest BCUT2D eigenvalue weighted by Gasteiger charge is -2.28. The van der Waals surface area contributed by atoms with Gasteiger partial charge >= 0.3 is 6.09 Å². The second-order valence-electron chi connectivity index (χ2n) is 15.0. The lowest BCUT2D eigenvalue weighted by molar-refractivity contribution is -0.134. The Morgan fingerprint density at radius 2 is 1.33 bits per heavy atom. The molecule has 2 aromatic heterocycles. The number of carbonyl (C=O) groups is 2. The lowest BCUT2D eigenvalue weighted by atomic mass is 10.0. The molecule has 0 radical (unpaired) electrons. The molecule has 57 heavy (non-hydrogen) atoms. The second kappa shape index (κ2) is 16.7. The highest BCUT2D eigenvalue weighted by atomic mass is 16.4. The van der Waals surface area contributed by atoms with Crippen LogP contribution in [0, 0.1) is 0 Å². The van der Waals surface area contributed by atoms with Gasteiger partial charge in [-0.2, -0.15) is 0 Å². The molecule has 0 saturated carbocycles. The largest absolute Gasteiger partial charge is 0.465 e. The van der Waals surface area contributed by atoms with E-state index in [1.165, 1.54) is 11.3 Å². The number of hydrogen-bond acceptors (Lipinski definition) is 6. The number of hydrogen-bond donors (Lipinski definition) is 4. The number of nitrogens with one attached hydrogen (secondary N) is 3. The Morgan fingerprint density at radius 3 is 1.93 bits per heavy atom. The van der Waals surface area contributed by atoms with Gasteiger partial charge in [-0.15, -0.1) is 0 Å². The first-order valence-corrected chi connectivity index (χ1v) is 19.6. The maximum absolute atomic E-state index is 13.7. The monoisotopic (exact) mass is 760 g/mol. The van der Waals surface area contributed by atoms with Crippen LogP contribution in [0.15, 0.2) is 122 Å². The van der Waals surface area contributed by atoms with E-state index in [1.807, 2.05) is 12.3 Å². The maximum Gasteiger partial charge on any atom is 0.405 e. The third-order valence-corrected chi connectivity index (χ3v) is 11.2. The molecule has 0 unspecified atom stereocenters. The van der Waals surface area contributed by atoms with Gasteiger partial charge in [0.1, 0.15) is 17.7 Å². The van der Waals surface area contributed by atoms with Gasteiger partial charge < -0.3 is 30.2 Å². The molecule has 4 aromatic carbocycles. The Balaban J connectivity index is 0.894. The van der Waals surface area contributed by atoms with Crippen LogP contribution in [0.3, 0.4) is 0 Å². The van der Waals surface area contributed by atoms with E-state index < -0.39 is 12.1 Å². The number of rotatable bonds is 12. The van der Waals surface area contributed by atoms with E-state index in [-0.39, 0.29) is 18.0 Å². The Hall–Kier alpha value is -6.46. The van der Waals surface area contributed by atoms with Crippen LogP contribution >= 0.6 is 0 Å². The number of imidazole rings is 2. The van der Waals surface area contributed by atoms with E-state index in [0.29, 0.717) is 17.9 Å². The number of carboxylic acid groups (broad SMARTS) is 1. The zero-order valence-corrected chi connectivity index (χ0v) is 32.3. The van der Waals surface area contributed by atoms with Gasteiger partial charge in [-0.25, -0.2) is 14.8 Å². The van der Waals surface area contributed by atoms with Crippen LogP contribution in [0.2, 0.25) is 0 Å². The third-order valence-electron chi connectivity index (χ3n) is 11.2. The summed E-state index contributed by atoms with van der Waals surface area (Å²) < 4.78 is 0. The summed E-state index contributed by atoms with van der Waals surface area (Å²) in [7, 11) is 4.11. The fraction of sp³-hybridized carbons (Fsp3) is 0.261. The van der Waals surface area contributed by atoms with Crippen molar-refractivity contribution >= 4 is 23.8 Å². The maximum atomic E-state index is 13.7. The SMILES string of the molecule is CN(C)c1ccc(/C=C/CN2CCC[C@H]2c2ncc(-c3ccc(-c4ccc(-c5cnc([C@@H]6CCCN6C(=O)[C@H](NC(=O)O)c6ccccc6)[nH]5)cc4)cc3)[nH]2)cc1. The van der Waals surface area contributed by atoms with Crippen LogP contribution in [0.4, 0.5) is 10.5 Å². The van der Waals surface area contributed by atoms with Gasteiger partial charge in [0.15, 0.2) is 0 Å². The van der Waals surface area contributed by atoms with Crippen LogP contribution in [0.1, 0.15) is 66.6 Å². The molecule has 11 heteroatoms. The molecule has 2 fully saturated rings. The molecule has 0 spiro atoms. The van der Waals surface area contributed by atoms with Gasteiger partial charge in [0.25, 0.3) is 5.91 Å². The average molecular weight is 761 g/mol. The molecule has 0 aliphatic carbocycles. The van der Waals surface area contributed by atoms with Gasteiger partial charge in [0.2, 0.25) is 0 Å². The van der Waals surface area contributed by atoms with E-state index in [1.54, 1.807) is 35.4 Å². The van der Waals surface area contributed by atoms with E-state index in [0.717, 1.165) is 78.2 Å². The predicted molar refractivity (Wildman–Crippen MR) is 224 cm³/mol. The number of H-pyrrole nitrogens is 2. The van der Waals surface area contributed by atoms with Crippen molar-refractivity contribution < 1.29 is 14.7 Å². The van der Waals surface area contributed by atoms with Gasteiger partial charge in [0.05, 0.1) is 35.9 Å². The molecule has 0 bridgehead atoms. The van der Waals surface area contributed by atoms with Crippen molar-refractivity contribution in [3.63, 3.8) is 0 Å². The summed E-state index contributed by atoms with van der Waals surface area (Å²) in [6.45, 7) is 2.47. The predicted octanol–water partition coefficient (Wildman–Crippen LogP) is 8.72. The summed E-state index contributed by atoms with van der Waals surface area (Å²) >= 11 is 0. The molecule has 8 rings (SSSR count). The summed E-state index contributed by atoms with van der Waals surface area (Å²) in [4.78, 5) is 48.3. The number of carbonyl (C=O) groups excluding carboxylic acids is 1. The smallest absolute Gasteiger partial charge is 0.405 e. The lowest BCUT2D eigenvalue weighted by Crippen LogP contribution is -2.42. The van der Waals surface area contributed by atoms with E-state index >= 15 is 0 Å². The summed E-state index contributed by atoms with van der Waals surface area (Å²) in [5.74, 6) is 1.43. The van der Waals surface area contributed by atoms with Crippen molar-refractivity contribution in [2.75, 3.05) is 38.6 Å². The highest BCUT2D eigenvalue weighted by molar-refractivity contribution is 5.87. The first-order valence-electron chi connectivity index (χ1n) is 19.6. The molecule has 3 atom stereocenters. The van der Waals surface area contributed by atoms with Gasteiger partial charge in [-0.3, -0.25) is 9.69 Å². The number of amides is 2. The van der Waals surface area contributed by atoms with E-state index in [9.17, 15) is 14.7 Å². The van der Waals surface area contributed by atoms with E-state index in [4.69, 9.17) is 4.98 Å². The molecule has 6 aromatic rings. The molecule has 4 N–H and O–H groups in total. The van der Waals surface area contributed by atoms with Crippen molar-refractivity contribution in [1.29, 1.82) is 0 Å². The van der Waals surface area contributed by atoms with Gasteiger partial charge in [-0.05, 0) is 77.7 Å². The number of aromatic amines is 2. The van der Waals surface area contributed by atoms with Crippen LogP contribution in [-0.4, -0.2) is 80.6 Å². The highest BCUT2D eigenvalue weighted by Gasteiger charge is 2.37. The minimum Gasteiger partial charge on any atom is -0.465 e. The van der Waals surface area contributed by atoms with Crippen molar-refractivity contribution in [3.05, 3.63) is 144 Å². The molecule has 2 amide bonds. The summed E-state index contributed by atoms with van der Waals surface area (Å²) in [6, 6.07) is 33.5. The van der Waals surface area contributed by atoms with Crippen molar-refractivity contribution in [1.82, 2.24) is 35.1 Å². The Labute approximate surface area is 333 Å². The normalized spacial score (nSPS) is 17.6. The third kappa shape index (κ3) is 8.39. The molecular formula is C46H48N8O3. The Kier molecular flexibility index (Phi) is 11.0. The summed E-state index contributed by atoms with van der Waals surface area (Å²) in [6.07, 6.45) is 10.8. The fourth-order valence-electron chi connectivity index (χ4n) is 8.09. The molecule has 2 saturated heterocycles. The second-order valence-corrected chi connectivity index (χ2v) is 15.0. The molecule has 290 valence electrons. The van der Waals surface area contributed by atoms with Crippen molar-refractivity contribution in [2.24, 2.45) is 0 Å². The molecule has 2 aliphatic rings. The molecule has 4 heterocycles. The van der Waals surface area contributed by atoms with Crippen molar-refractivity contribution in [2.45, 2.75) is 43.8 Å². The van der Waals surface area contributed by atoms with Gasteiger partial charge in [-0.1, -0.05) is 103 Å². The Bertz CT molecular complexity index is 2310. The van der Waals surface area contributed by atoms with Crippen LogP contribution in [-0.2, 0) is 4.79 Å². The summed E-state index contributed by atoms with van der Waals surface area (Å²) in [5, 5.41) is 11.9. The van der Waals surface area contributed by atoms with Crippen LogP contribution in [0.5, 0.6) is 0 Å². The van der Waals surface area contributed by atoms with Crippen LogP contribution in [0.25, 0.3) is 39.7 Å². The fourth-order valence-corrected chi connectivity index (χ4v) is 8.09. The Morgan fingerprint density at radius 1 is 0.772 bits per heavy atom. The number of benzene rings is 4. The zero-order chi connectivity index (χ0) is 39.3. The average Bonchev–Trinajstić information content (AvgIpc) is 4.08. The molecule has 11 nitrogen and oxygen atoms in total. The minimum atomic E-state index is -1.24. The first-order chi connectivity index (χ1) is 27.8. The molecular weight excluding hydrogens is 713 g/mol. The zero-order valence-electron chi connectivity index (χ0n) is 32.3. The number of likely N-dealkylation sites (tertiary alicyclic amines) is 2. The van der Waals surface area contributed by atoms with Crippen molar-refractivity contribution in [3.8, 4) is 33.6 Å². The standard InChI is InChI=1S/C46H48N8O3/c1-52(2)37-24-14-31(15-25-37)9-6-26-53-27-7-12-40(53)43-47-29-38(49-43)34-20-16-32(17-21-34)33-18-22-35(23-19-33)39-30-48-44(50-39)41-13-8-28-54(41)45(55)42(51-46(56)57)36-10-4-3-5-11-36/h3-6,9-11,14-25,29-30,40-42,51H,7-8,12-13,26-28H2,1-2H3,(H,47,49)(H,48,50)(H,56,57)/b9-6+/t40-,41-,42+/m0/s1. The number of aromatic nitrogens is 4.